The van der Waals surface area contributed by atoms with E-state index in [0.717, 1.165) is 31.7 Å². The van der Waals surface area contributed by atoms with Gasteiger partial charge in [0.25, 0.3) is 0 Å². The van der Waals surface area contributed by atoms with Crippen molar-refractivity contribution in [2.45, 2.75) is 39.5 Å². The number of aryl methyl sites for hydroxylation is 2. The third-order valence-corrected chi connectivity index (χ3v) is 4.64. The van der Waals surface area contributed by atoms with E-state index in [-0.39, 0.29) is 6.09 Å². The molecule has 1 aromatic heterocycles. The Morgan fingerprint density at radius 1 is 1.27 bits per heavy atom. The molecule has 3 rings (SSSR count). The predicted molar refractivity (Wildman–Crippen MR) is 86.3 cm³/mol. The van der Waals surface area contributed by atoms with Crippen LogP contribution >= 0.6 is 0 Å². The van der Waals surface area contributed by atoms with Gasteiger partial charge in [-0.3, -0.25) is 0 Å². The van der Waals surface area contributed by atoms with Crippen LogP contribution in [0, 0.1) is 13.8 Å². The number of piperidine rings is 1. The van der Waals surface area contributed by atoms with Gasteiger partial charge in [-0.1, -0.05) is 0 Å². The smallest absolute Gasteiger partial charge is 0.409 e. The van der Waals surface area contributed by atoms with Gasteiger partial charge in [-0.05, 0) is 56.9 Å². The lowest BCUT2D eigenvalue weighted by atomic mass is 9.91. The number of carbonyl (C=O) groups is 1. The topological polar surface area (TPSA) is 42.7 Å². The van der Waals surface area contributed by atoms with Crippen molar-refractivity contribution in [1.29, 1.82) is 0 Å². The molecule has 4 nitrogen and oxygen atoms in total. The van der Waals surface area contributed by atoms with Crippen LogP contribution in [0.2, 0.25) is 0 Å². The molecule has 118 valence electrons. The number of fused-ring (bicyclic) bond motifs is 1. The molecule has 4 heteroatoms. The second-order valence-corrected chi connectivity index (χ2v) is 6.08. The van der Waals surface area contributed by atoms with Crippen LogP contribution in [0.5, 0.6) is 0 Å². The molecular formula is C18H23NO3. The fourth-order valence-electron chi connectivity index (χ4n) is 3.20. The number of furan rings is 1. The molecule has 0 N–H and O–H groups in total. The number of benzene rings is 1. The summed E-state index contributed by atoms with van der Waals surface area (Å²) < 4.78 is 10.9. The molecule has 1 amide bonds. The third-order valence-electron chi connectivity index (χ3n) is 4.64. The van der Waals surface area contributed by atoms with E-state index in [9.17, 15) is 4.79 Å². The van der Waals surface area contributed by atoms with Crippen molar-refractivity contribution < 1.29 is 13.9 Å². The monoisotopic (exact) mass is 301 g/mol. The molecule has 1 aliphatic heterocycles. The van der Waals surface area contributed by atoms with Crippen molar-refractivity contribution in [2.75, 3.05) is 19.7 Å². The number of rotatable bonds is 2. The molecule has 0 unspecified atom stereocenters. The average molecular weight is 301 g/mol. The summed E-state index contributed by atoms with van der Waals surface area (Å²) >= 11 is 0. The summed E-state index contributed by atoms with van der Waals surface area (Å²) in [5.74, 6) is 1.45. The Bertz CT molecular complexity index is 681. The van der Waals surface area contributed by atoms with E-state index in [1.54, 1.807) is 4.90 Å². The SMILES string of the molecule is CCOC(=O)N1CCC(c2occ3cc(C)c(C)cc23)CC1. The number of amides is 1. The maximum Gasteiger partial charge on any atom is 0.409 e. The number of nitrogens with zero attached hydrogens (tertiary/aromatic N) is 1. The van der Waals surface area contributed by atoms with Gasteiger partial charge in [0, 0.05) is 29.8 Å². The minimum atomic E-state index is -0.197. The standard InChI is InChI=1S/C18H23NO3/c1-4-21-18(20)19-7-5-14(6-8-19)17-16-10-13(3)12(2)9-15(16)11-22-17/h9-11,14H,4-8H2,1-3H3. The van der Waals surface area contributed by atoms with Crippen molar-refractivity contribution >= 4 is 16.9 Å². The van der Waals surface area contributed by atoms with E-state index in [1.165, 1.54) is 21.9 Å². The summed E-state index contributed by atoms with van der Waals surface area (Å²) in [5, 5.41) is 2.39. The zero-order valence-corrected chi connectivity index (χ0v) is 13.5. The maximum absolute atomic E-state index is 11.8. The van der Waals surface area contributed by atoms with Crippen LogP contribution in [-0.2, 0) is 4.74 Å². The van der Waals surface area contributed by atoms with Gasteiger partial charge in [-0.25, -0.2) is 4.79 Å². The van der Waals surface area contributed by atoms with Gasteiger partial charge in [0.1, 0.15) is 5.76 Å². The lowest BCUT2D eigenvalue weighted by Crippen LogP contribution is -2.38. The van der Waals surface area contributed by atoms with Crippen molar-refractivity contribution in [2.24, 2.45) is 0 Å². The van der Waals surface area contributed by atoms with E-state index in [2.05, 4.69) is 26.0 Å². The van der Waals surface area contributed by atoms with Crippen LogP contribution in [0.15, 0.2) is 22.8 Å². The Kier molecular flexibility index (Phi) is 4.10. The zero-order chi connectivity index (χ0) is 15.7. The average Bonchev–Trinajstić information content (AvgIpc) is 2.91. The summed E-state index contributed by atoms with van der Waals surface area (Å²) in [6, 6.07) is 4.41. The summed E-state index contributed by atoms with van der Waals surface area (Å²) in [6.45, 7) is 7.99. The number of hydrogen-bond acceptors (Lipinski definition) is 3. The van der Waals surface area contributed by atoms with Gasteiger partial charge in [0.05, 0.1) is 12.9 Å². The molecule has 0 radical (unpaired) electrons. The number of ether oxygens (including phenoxy) is 1. The summed E-state index contributed by atoms with van der Waals surface area (Å²) in [5.41, 5.74) is 2.58. The molecule has 0 aliphatic carbocycles. The Hall–Kier alpha value is -1.97. The summed E-state index contributed by atoms with van der Waals surface area (Å²) in [7, 11) is 0. The Labute approximate surface area is 131 Å². The van der Waals surface area contributed by atoms with E-state index in [0.29, 0.717) is 12.5 Å². The van der Waals surface area contributed by atoms with Gasteiger partial charge in [-0.2, -0.15) is 0 Å². The highest BCUT2D eigenvalue weighted by Crippen LogP contribution is 2.35. The van der Waals surface area contributed by atoms with Crippen molar-refractivity contribution in [3.63, 3.8) is 0 Å². The predicted octanol–water partition coefficient (Wildman–Crippen LogP) is 4.39. The molecular weight excluding hydrogens is 278 g/mol. The molecule has 2 heterocycles. The van der Waals surface area contributed by atoms with Crippen LogP contribution < -0.4 is 0 Å². The van der Waals surface area contributed by atoms with Gasteiger partial charge in [0.2, 0.25) is 0 Å². The fourth-order valence-corrected chi connectivity index (χ4v) is 3.20. The molecule has 0 bridgehead atoms. The normalized spacial score (nSPS) is 16.2. The Balaban J connectivity index is 1.77. The van der Waals surface area contributed by atoms with Crippen LogP contribution in [0.4, 0.5) is 4.79 Å². The first-order valence-electron chi connectivity index (χ1n) is 8.00. The van der Waals surface area contributed by atoms with Crippen molar-refractivity contribution in [3.05, 3.63) is 35.3 Å². The second-order valence-electron chi connectivity index (χ2n) is 6.08. The molecule has 22 heavy (non-hydrogen) atoms. The maximum atomic E-state index is 11.8. The number of likely N-dealkylation sites (tertiary alicyclic amines) is 1. The molecule has 1 aromatic carbocycles. The third kappa shape index (κ3) is 2.70. The molecule has 1 fully saturated rings. The quantitative estimate of drug-likeness (QED) is 0.826. The van der Waals surface area contributed by atoms with E-state index in [4.69, 9.17) is 9.15 Å². The van der Waals surface area contributed by atoms with Crippen LogP contribution in [-0.4, -0.2) is 30.7 Å². The Morgan fingerprint density at radius 3 is 2.64 bits per heavy atom. The number of hydrogen-bond donors (Lipinski definition) is 0. The first-order valence-corrected chi connectivity index (χ1v) is 8.00. The van der Waals surface area contributed by atoms with Crippen molar-refractivity contribution in [1.82, 2.24) is 4.90 Å². The van der Waals surface area contributed by atoms with E-state index >= 15 is 0 Å². The molecule has 1 aliphatic rings. The van der Waals surface area contributed by atoms with Gasteiger partial charge >= 0.3 is 6.09 Å². The summed E-state index contributed by atoms with van der Waals surface area (Å²) in [4.78, 5) is 13.6. The minimum absolute atomic E-state index is 0.197. The van der Waals surface area contributed by atoms with Crippen LogP contribution in [0.25, 0.3) is 10.8 Å². The van der Waals surface area contributed by atoms with Crippen LogP contribution in [0.3, 0.4) is 0 Å². The highest BCUT2D eigenvalue weighted by molar-refractivity contribution is 5.86. The molecule has 0 spiro atoms. The lowest BCUT2D eigenvalue weighted by molar-refractivity contribution is 0.0959. The van der Waals surface area contributed by atoms with E-state index in [1.807, 2.05) is 13.2 Å². The largest absolute Gasteiger partial charge is 0.468 e. The molecule has 2 aromatic rings. The Morgan fingerprint density at radius 2 is 1.95 bits per heavy atom. The highest BCUT2D eigenvalue weighted by atomic mass is 16.6. The number of carbonyl (C=O) groups excluding carboxylic acids is 1. The van der Waals surface area contributed by atoms with Gasteiger partial charge < -0.3 is 14.1 Å². The molecule has 0 atom stereocenters. The fraction of sp³-hybridized carbons (Fsp3) is 0.500. The second kappa shape index (κ2) is 6.03. The van der Waals surface area contributed by atoms with E-state index < -0.39 is 0 Å². The molecule has 1 saturated heterocycles. The van der Waals surface area contributed by atoms with Crippen molar-refractivity contribution in [3.8, 4) is 0 Å². The zero-order valence-electron chi connectivity index (χ0n) is 13.5. The first-order chi connectivity index (χ1) is 10.6. The highest BCUT2D eigenvalue weighted by Gasteiger charge is 2.27. The van der Waals surface area contributed by atoms with Crippen LogP contribution in [0.1, 0.15) is 42.6 Å². The van der Waals surface area contributed by atoms with Gasteiger partial charge in [-0.15, -0.1) is 0 Å². The molecule has 0 saturated carbocycles. The minimum Gasteiger partial charge on any atom is -0.468 e. The first kappa shape index (κ1) is 14.9. The lowest BCUT2D eigenvalue weighted by Gasteiger charge is -2.30. The summed E-state index contributed by atoms with van der Waals surface area (Å²) in [6.07, 6.45) is 3.51. The van der Waals surface area contributed by atoms with Gasteiger partial charge in [0.15, 0.2) is 0 Å².